The van der Waals surface area contributed by atoms with E-state index in [0.717, 1.165) is 10.4 Å². The molecule has 25 heavy (non-hydrogen) atoms. The van der Waals surface area contributed by atoms with Gasteiger partial charge in [0.25, 0.3) is 5.56 Å². The van der Waals surface area contributed by atoms with Crippen molar-refractivity contribution in [2.45, 2.75) is 51.2 Å². The summed E-state index contributed by atoms with van der Waals surface area (Å²) < 4.78 is 0. The van der Waals surface area contributed by atoms with Gasteiger partial charge in [-0.15, -0.1) is 23.1 Å². The number of thioether (sulfide) groups is 1. The number of amides is 1. The Morgan fingerprint density at radius 2 is 2.08 bits per heavy atom. The van der Waals surface area contributed by atoms with Gasteiger partial charge in [-0.3, -0.25) is 9.59 Å². The van der Waals surface area contributed by atoms with Crippen LogP contribution in [0.3, 0.4) is 0 Å². The van der Waals surface area contributed by atoms with Crippen molar-refractivity contribution in [1.82, 2.24) is 15.3 Å². The predicted octanol–water partition coefficient (Wildman–Crippen LogP) is 2.20. The second-order valence-corrected chi connectivity index (χ2v) is 8.27. The normalized spacial score (nSPS) is 13.6. The van der Waals surface area contributed by atoms with E-state index >= 15 is 0 Å². The Balaban J connectivity index is 2.05. The van der Waals surface area contributed by atoms with Crippen LogP contribution in [0.25, 0.3) is 10.2 Å². The third kappa shape index (κ3) is 4.40. The third-order valence-electron chi connectivity index (χ3n) is 3.95. The van der Waals surface area contributed by atoms with Crippen LogP contribution in [0.15, 0.2) is 4.79 Å². The van der Waals surface area contributed by atoms with Gasteiger partial charge in [-0.1, -0.05) is 6.92 Å². The van der Waals surface area contributed by atoms with E-state index in [4.69, 9.17) is 5.11 Å². The number of aliphatic carboxylic acids is 1. The van der Waals surface area contributed by atoms with Crippen LogP contribution < -0.4 is 10.9 Å². The molecule has 0 radical (unpaired) electrons. The lowest BCUT2D eigenvalue weighted by Gasteiger charge is -2.16. The molecular formula is C16H21N3O4S2. The van der Waals surface area contributed by atoms with Gasteiger partial charge in [-0.25, -0.2) is 9.78 Å². The third-order valence-corrected chi connectivity index (χ3v) is 6.21. The van der Waals surface area contributed by atoms with Gasteiger partial charge in [0.15, 0.2) is 0 Å². The summed E-state index contributed by atoms with van der Waals surface area (Å²) in [4.78, 5) is 44.3. The number of aromatic amines is 1. The zero-order valence-electron chi connectivity index (χ0n) is 14.5. The Hall–Kier alpha value is -1.87. The highest BCUT2D eigenvalue weighted by molar-refractivity contribution is 7.99. The molecule has 0 aliphatic carbocycles. The van der Waals surface area contributed by atoms with Crippen molar-refractivity contribution < 1.29 is 14.7 Å². The Kier molecular flexibility index (Phi) is 6.23. The standard InChI is InChI=1S/C16H21N3O4S2/c1-5-10(16(22)23)17-13(20)9(4)24-6-11-18-14(21)12-7(2)8(3)25-15(12)19-11/h9-10H,5-6H2,1-4H3,(H,17,20)(H,22,23)(H,18,19,21). The van der Waals surface area contributed by atoms with Crippen molar-refractivity contribution in [3.63, 3.8) is 0 Å². The summed E-state index contributed by atoms with van der Waals surface area (Å²) >= 11 is 2.77. The number of thiophene rings is 1. The largest absolute Gasteiger partial charge is 0.480 e. The Bertz CT molecular complexity index is 859. The number of hydrogen-bond acceptors (Lipinski definition) is 6. The van der Waals surface area contributed by atoms with Crippen molar-refractivity contribution in [3.05, 3.63) is 26.6 Å². The molecule has 0 saturated heterocycles. The summed E-state index contributed by atoms with van der Waals surface area (Å²) in [6.45, 7) is 7.25. The number of rotatable bonds is 7. The number of hydrogen-bond donors (Lipinski definition) is 3. The van der Waals surface area contributed by atoms with Gasteiger partial charge >= 0.3 is 5.97 Å². The van der Waals surface area contributed by atoms with Gasteiger partial charge in [-0.05, 0) is 32.8 Å². The molecule has 2 unspecified atom stereocenters. The smallest absolute Gasteiger partial charge is 0.326 e. The highest BCUT2D eigenvalue weighted by atomic mass is 32.2. The number of nitrogens with one attached hydrogen (secondary N) is 2. The molecule has 2 atom stereocenters. The maximum absolute atomic E-state index is 12.2. The van der Waals surface area contributed by atoms with Crippen LogP contribution in [-0.4, -0.2) is 38.2 Å². The zero-order chi connectivity index (χ0) is 18.7. The molecule has 2 aromatic heterocycles. The van der Waals surface area contributed by atoms with Gasteiger partial charge in [-0.2, -0.15) is 0 Å². The first kappa shape index (κ1) is 19.5. The molecule has 9 heteroatoms. The molecule has 136 valence electrons. The zero-order valence-corrected chi connectivity index (χ0v) is 16.1. The molecule has 1 amide bonds. The summed E-state index contributed by atoms with van der Waals surface area (Å²) in [7, 11) is 0. The second-order valence-electron chi connectivity index (χ2n) is 5.74. The lowest BCUT2D eigenvalue weighted by atomic mass is 10.2. The predicted molar refractivity (Wildman–Crippen MR) is 100 cm³/mol. The van der Waals surface area contributed by atoms with Crippen LogP contribution in [0.4, 0.5) is 0 Å². The van der Waals surface area contributed by atoms with Gasteiger partial charge in [0.05, 0.1) is 16.4 Å². The molecule has 0 aliphatic heterocycles. The van der Waals surface area contributed by atoms with E-state index in [0.29, 0.717) is 28.2 Å². The summed E-state index contributed by atoms with van der Waals surface area (Å²) in [5.41, 5.74) is 0.774. The van der Waals surface area contributed by atoms with Crippen molar-refractivity contribution in [2.24, 2.45) is 0 Å². The maximum Gasteiger partial charge on any atom is 0.326 e. The summed E-state index contributed by atoms with van der Waals surface area (Å²) in [6, 6.07) is -0.887. The minimum Gasteiger partial charge on any atom is -0.480 e. The van der Waals surface area contributed by atoms with E-state index in [-0.39, 0.29) is 11.5 Å². The number of nitrogens with zero attached hydrogens (tertiary/aromatic N) is 1. The molecule has 2 rings (SSSR count). The Labute approximate surface area is 153 Å². The van der Waals surface area contributed by atoms with E-state index < -0.39 is 17.3 Å². The van der Waals surface area contributed by atoms with Crippen LogP contribution in [-0.2, 0) is 15.3 Å². The van der Waals surface area contributed by atoms with Gasteiger partial charge in [0, 0.05) is 4.88 Å². The van der Waals surface area contributed by atoms with Gasteiger partial charge < -0.3 is 15.4 Å². The lowest BCUT2D eigenvalue weighted by Crippen LogP contribution is -2.43. The van der Waals surface area contributed by atoms with E-state index in [1.165, 1.54) is 23.1 Å². The molecule has 7 nitrogen and oxygen atoms in total. The molecule has 2 heterocycles. The number of carbonyl (C=O) groups excluding carboxylic acids is 1. The van der Waals surface area contributed by atoms with Crippen molar-refractivity contribution in [2.75, 3.05) is 0 Å². The quantitative estimate of drug-likeness (QED) is 0.676. The SMILES string of the molecule is CCC(NC(=O)C(C)SCc1nc2sc(C)c(C)c2c(=O)[nH]1)C(=O)O. The van der Waals surface area contributed by atoms with Crippen LogP contribution >= 0.6 is 23.1 Å². The molecule has 0 fully saturated rings. The number of carboxylic acid groups (broad SMARTS) is 1. The summed E-state index contributed by atoms with van der Waals surface area (Å²) in [5, 5.41) is 11.7. The molecular weight excluding hydrogens is 362 g/mol. The monoisotopic (exact) mass is 383 g/mol. The fourth-order valence-corrected chi connectivity index (χ4v) is 4.09. The summed E-state index contributed by atoms with van der Waals surface area (Å²) in [6.07, 6.45) is 0.321. The first-order valence-corrected chi connectivity index (χ1v) is 9.74. The van der Waals surface area contributed by atoms with Crippen LogP contribution in [0.5, 0.6) is 0 Å². The first-order chi connectivity index (χ1) is 11.7. The van der Waals surface area contributed by atoms with Crippen molar-refractivity contribution >= 4 is 45.2 Å². The van der Waals surface area contributed by atoms with E-state index in [1.54, 1.807) is 13.8 Å². The Morgan fingerprint density at radius 3 is 2.68 bits per heavy atom. The lowest BCUT2D eigenvalue weighted by molar-refractivity contribution is -0.141. The highest BCUT2D eigenvalue weighted by Crippen LogP contribution is 2.26. The Morgan fingerprint density at radius 1 is 1.40 bits per heavy atom. The van der Waals surface area contributed by atoms with Gasteiger partial charge in [0.1, 0.15) is 16.7 Å². The van der Waals surface area contributed by atoms with Crippen molar-refractivity contribution in [3.8, 4) is 0 Å². The minimum atomic E-state index is -1.05. The molecule has 0 spiro atoms. The highest BCUT2D eigenvalue weighted by Gasteiger charge is 2.22. The van der Waals surface area contributed by atoms with Crippen LogP contribution in [0.2, 0.25) is 0 Å². The molecule has 0 aliphatic rings. The average molecular weight is 383 g/mol. The summed E-state index contributed by atoms with van der Waals surface area (Å²) in [5.74, 6) is -0.522. The number of H-pyrrole nitrogens is 1. The van der Waals surface area contributed by atoms with Crippen LogP contribution in [0, 0.1) is 13.8 Å². The molecule has 0 bridgehead atoms. The maximum atomic E-state index is 12.2. The fourth-order valence-electron chi connectivity index (χ4n) is 2.27. The first-order valence-electron chi connectivity index (χ1n) is 7.88. The number of fused-ring (bicyclic) bond motifs is 1. The van der Waals surface area contributed by atoms with E-state index in [2.05, 4.69) is 15.3 Å². The van der Waals surface area contributed by atoms with E-state index in [9.17, 15) is 14.4 Å². The second kappa shape index (κ2) is 8.01. The number of carboxylic acids is 1. The molecule has 2 aromatic rings. The van der Waals surface area contributed by atoms with Crippen molar-refractivity contribution in [1.29, 1.82) is 0 Å². The van der Waals surface area contributed by atoms with Gasteiger partial charge in [0.2, 0.25) is 5.91 Å². The number of carbonyl (C=O) groups is 2. The number of aryl methyl sites for hydroxylation is 2. The topological polar surface area (TPSA) is 112 Å². The molecule has 0 aromatic carbocycles. The number of aromatic nitrogens is 2. The fraction of sp³-hybridized carbons (Fsp3) is 0.500. The van der Waals surface area contributed by atoms with E-state index in [1.807, 2.05) is 13.8 Å². The molecule has 0 saturated carbocycles. The van der Waals surface area contributed by atoms with Crippen LogP contribution in [0.1, 0.15) is 36.5 Å². The average Bonchev–Trinajstić information content (AvgIpc) is 2.84. The molecule has 3 N–H and O–H groups in total. The minimum absolute atomic E-state index is 0.170.